The Hall–Kier alpha value is -2.50. The fourth-order valence-corrected chi connectivity index (χ4v) is 1.37. The number of nitro groups is 1. The van der Waals surface area contributed by atoms with Crippen LogP contribution >= 0.6 is 0 Å². The van der Waals surface area contributed by atoms with Crippen molar-refractivity contribution < 1.29 is 9.45 Å². The first-order valence-electron chi connectivity index (χ1n) is 4.87. The minimum atomic E-state index is -0.505. The maximum absolute atomic E-state index is 10.8. The molecule has 0 saturated heterocycles. The van der Waals surface area contributed by atoms with Gasteiger partial charge in [0.2, 0.25) is 5.76 Å². The van der Waals surface area contributed by atoms with Crippen molar-refractivity contribution in [1.29, 1.82) is 0 Å². The Bertz CT molecular complexity index is 561. The van der Waals surface area contributed by atoms with Crippen molar-refractivity contribution in [3.05, 3.63) is 51.7 Å². The Morgan fingerprint density at radius 1 is 1.47 bits per heavy atom. The monoisotopic (exact) mass is 231 g/mol. The van der Waals surface area contributed by atoms with Crippen molar-refractivity contribution in [3.63, 3.8) is 0 Å². The number of pyridine rings is 1. The average molecular weight is 231 g/mol. The van der Waals surface area contributed by atoms with Crippen LogP contribution in [0.2, 0.25) is 0 Å². The highest BCUT2D eigenvalue weighted by Crippen LogP contribution is 2.23. The van der Waals surface area contributed by atoms with E-state index in [1.165, 1.54) is 13.0 Å². The van der Waals surface area contributed by atoms with Crippen molar-refractivity contribution in [2.45, 2.75) is 6.92 Å². The van der Waals surface area contributed by atoms with Gasteiger partial charge < -0.3 is 4.52 Å². The van der Waals surface area contributed by atoms with Gasteiger partial charge in [-0.3, -0.25) is 15.1 Å². The van der Waals surface area contributed by atoms with Gasteiger partial charge in [0.15, 0.2) is 5.69 Å². The predicted molar refractivity (Wildman–Crippen MR) is 61.1 cm³/mol. The first kappa shape index (κ1) is 11.0. The number of nitrogens with zero attached hydrogens (tertiary/aromatic N) is 3. The van der Waals surface area contributed by atoms with E-state index in [4.69, 9.17) is 4.52 Å². The summed E-state index contributed by atoms with van der Waals surface area (Å²) in [6.07, 6.45) is 6.53. The smallest absolute Gasteiger partial charge is 0.338 e. The summed E-state index contributed by atoms with van der Waals surface area (Å²) in [5.74, 6) is 0.195. The highest BCUT2D eigenvalue weighted by atomic mass is 16.6. The number of hydrogen-bond acceptors (Lipinski definition) is 5. The van der Waals surface area contributed by atoms with E-state index in [-0.39, 0.29) is 17.1 Å². The quantitative estimate of drug-likeness (QED) is 0.598. The van der Waals surface area contributed by atoms with Gasteiger partial charge in [0, 0.05) is 19.3 Å². The lowest BCUT2D eigenvalue weighted by Gasteiger charge is -1.89. The summed E-state index contributed by atoms with van der Waals surface area (Å²) < 4.78 is 4.79. The lowest BCUT2D eigenvalue weighted by Crippen LogP contribution is -1.90. The van der Waals surface area contributed by atoms with Crippen molar-refractivity contribution >= 4 is 17.8 Å². The van der Waals surface area contributed by atoms with Crippen LogP contribution in [0.1, 0.15) is 17.0 Å². The van der Waals surface area contributed by atoms with Gasteiger partial charge in [-0.05, 0) is 17.7 Å². The maximum Gasteiger partial charge on any atom is 0.338 e. The summed E-state index contributed by atoms with van der Waals surface area (Å²) in [6.45, 7) is 1.51. The molecule has 2 heterocycles. The van der Waals surface area contributed by atoms with E-state index in [1.54, 1.807) is 24.5 Å². The van der Waals surface area contributed by atoms with Crippen LogP contribution in [0, 0.1) is 17.0 Å². The standard InChI is InChI=1S/C11H9N3O3/c1-8-11(14(15)16)10(13-17-8)5-4-9-3-2-6-12-7-9/h2-7H,1H3. The van der Waals surface area contributed by atoms with Crippen molar-refractivity contribution in [3.8, 4) is 0 Å². The van der Waals surface area contributed by atoms with Gasteiger partial charge in [-0.2, -0.15) is 0 Å². The SMILES string of the molecule is Cc1onc(C=Cc2cccnc2)c1[N+](=O)[O-]. The second-order valence-corrected chi connectivity index (χ2v) is 3.35. The molecular formula is C11H9N3O3. The van der Waals surface area contributed by atoms with E-state index >= 15 is 0 Å². The summed E-state index contributed by atoms with van der Waals surface area (Å²) in [6, 6.07) is 3.62. The molecule has 6 nitrogen and oxygen atoms in total. The molecule has 17 heavy (non-hydrogen) atoms. The van der Waals surface area contributed by atoms with Crippen LogP contribution in [0.5, 0.6) is 0 Å². The largest absolute Gasteiger partial charge is 0.354 e. The van der Waals surface area contributed by atoms with Crippen molar-refractivity contribution in [2.75, 3.05) is 0 Å². The van der Waals surface area contributed by atoms with Crippen molar-refractivity contribution in [1.82, 2.24) is 10.1 Å². The van der Waals surface area contributed by atoms with Gasteiger partial charge in [0.05, 0.1) is 4.92 Å². The molecular weight excluding hydrogens is 222 g/mol. The molecule has 0 atom stereocenters. The third-order valence-electron chi connectivity index (χ3n) is 2.16. The van der Waals surface area contributed by atoms with Gasteiger partial charge in [-0.25, -0.2) is 0 Å². The zero-order chi connectivity index (χ0) is 12.3. The minimum absolute atomic E-state index is 0.106. The zero-order valence-electron chi connectivity index (χ0n) is 9.03. The molecule has 2 rings (SSSR count). The second-order valence-electron chi connectivity index (χ2n) is 3.35. The number of rotatable bonds is 3. The lowest BCUT2D eigenvalue weighted by molar-refractivity contribution is -0.386. The molecule has 86 valence electrons. The lowest BCUT2D eigenvalue weighted by atomic mass is 10.2. The fourth-order valence-electron chi connectivity index (χ4n) is 1.37. The molecule has 2 aromatic rings. The Morgan fingerprint density at radius 3 is 2.94 bits per heavy atom. The molecule has 0 saturated carbocycles. The fraction of sp³-hybridized carbons (Fsp3) is 0.0909. The third kappa shape index (κ3) is 2.36. The molecule has 0 unspecified atom stereocenters. The maximum atomic E-state index is 10.8. The van der Waals surface area contributed by atoms with Crippen LogP contribution in [0.3, 0.4) is 0 Å². The highest BCUT2D eigenvalue weighted by Gasteiger charge is 2.21. The van der Waals surface area contributed by atoms with Crippen LogP contribution in [0.25, 0.3) is 12.2 Å². The molecule has 6 heteroatoms. The normalized spacial score (nSPS) is 10.9. The molecule has 0 N–H and O–H groups in total. The molecule has 0 aromatic carbocycles. The molecule has 0 aliphatic carbocycles. The van der Waals surface area contributed by atoms with E-state index in [1.807, 2.05) is 6.07 Å². The van der Waals surface area contributed by atoms with Crippen LogP contribution < -0.4 is 0 Å². The average Bonchev–Trinajstić information content (AvgIpc) is 2.69. The van der Waals surface area contributed by atoms with Crippen molar-refractivity contribution in [2.24, 2.45) is 0 Å². The van der Waals surface area contributed by atoms with E-state index in [2.05, 4.69) is 10.1 Å². The zero-order valence-corrected chi connectivity index (χ0v) is 9.03. The number of hydrogen-bond donors (Lipinski definition) is 0. The Labute approximate surface area is 96.7 Å². The third-order valence-corrected chi connectivity index (χ3v) is 2.16. The molecule has 0 amide bonds. The first-order valence-corrected chi connectivity index (χ1v) is 4.87. The van der Waals surface area contributed by atoms with Gasteiger partial charge >= 0.3 is 5.69 Å². The minimum Gasteiger partial charge on any atom is -0.354 e. The molecule has 0 aliphatic heterocycles. The number of aryl methyl sites for hydroxylation is 1. The Kier molecular flexibility index (Phi) is 2.95. The van der Waals surface area contributed by atoms with Gasteiger partial charge in [-0.15, -0.1) is 0 Å². The topological polar surface area (TPSA) is 82.1 Å². The van der Waals surface area contributed by atoms with E-state index in [9.17, 15) is 10.1 Å². The summed E-state index contributed by atoms with van der Waals surface area (Å²) in [5, 5.41) is 14.4. The van der Waals surface area contributed by atoms with E-state index < -0.39 is 4.92 Å². The number of aromatic nitrogens is 2. The van der Waals surface area contributed by atoms with E-state index in [0.29, 0.717) is 0 Å². The van der Waals surface area contributed by atoms with Gasteiger partial charge in [-0.1, -0.05) is 17.3 Å². The molecule has 0 spiro atoms. The van der Waals surface area contributed by atoms with E-state index in [0.717, 1.165) is 5.56 Å². The molecule has 0 bridgehead atoms. The molecule has 2 aromatic heterocycles. The molecule has 0 fully saturated rings. The highest BCUT2D eigenvalue weighted by molar-refractivity contribution is 5.71. The molecule has 0 aliphatic rings. The van der Waals surface area contributed by atoms with Gasteiger partial charge in [0.25, 0.3) is 0 Å². The first-order chi connectivity index (χ1) is 8.18. The summed E-state index contributed by atoms with van der Waals surface area (Å²) in [7, 11) is 0. The van der Waals surface area contributed by atoms with Crippen LogP contribution in [0.4, 0.5) is 5.69 Å². The predicted octanol–water partition coefficient (Wildman–Crippen LogP) is 2.46. The Morgan fingerprint density at radius 2 is 2.29 bits per heavy atom. The van der Waals surface area contributed by atoms with Crippen LogP contribution in [-0.4, -0.2) is 15.1 Å². The Balaban J connectivity index is 2.31. The van der Waals surface area contributed by atoms with Crippen LogP contribution in [0.15, 0.2) is 29.0 Å². The van der Waals surface area contributed by atoms with Gasteiger partial charge in [0.1, 0.15) is 0 Å². The summed E-state index contributed by atoms with van der Waals surface area (Å²) in [5.41, 5.74) is 0.934. The summed E-state index contributed by atoms with van der Waals surface area (Å²) in [4.78, 5) is 14.2. The second kappa shape index (κ2) is 4.56. The van der Waals surface area contributed by atoms with Crippen LogP contribution in [-0.2, 0) is 0 Å². The summed E-state index contributed by atoms with van der Waals surface area (Å²) >= 11 is 0. The molecule has 0 radical (unpaired) electrons.